The van der Waals surface area contributed by atoms with Gasteiger partial charge in [-0.05, 0) is 37.9 Å². The quantitative estimate of drug-likeness (QED) is 0.909. The van der Waals surface area contributed by atoms with Crippen LogP contribution in [-0.2, 0) is 0 Å². The predicted molar refractivity (Wildman–Crippen MR) is 70.6 cm³/mol. The standard InChI is InChI=1S/C11H13Br2NO2/c1-15-8-3-7(12)10(13)9(11(8)16-2)6-4-14-5-6/h3,6,14H,4-5H2,1-2H3. The van der Waals surface area contributed by atoms with Crippen LogP contribution in [0.2, 0.25) is 0 Å². The van der Waals surface area contributed by atoms with Gasteiger partial charge in [-0.1, -0.05) is 0 Å². The predicted octanol–water partition coefficient (Wildman–Crippen LogP) is 2.92. The zero-order valence-corrected chi connectivity index (χ0v) is 12.3. The van der Waals surface area contributed by atoms with Gasteiger partial charge in [0.15, 0.2) is 11.5 Å². The lowest BCUT2D eigenvalue weighted by Gasteiger charge is -2.30. The Balaban J connectivity index is 2.56. The normalized spacial score (nSPS) is 15.8. The van der Waals surface area contributed by atoms with Crippen LogP contribution in [0.5, 0.6) is 11.5 Å². The van der Waals surface area contributed by atoms with Gasteiger partial charge >= 0.3 is 0 Å². The Morgan fingerprint density at radius 1 is 1.25 bits per heavy atom. The molecular formula is C11H13Br2NO2. The van der Waals surface area contributed by atoms with E-state index in [0.717, 1.165) is 33.5 Å². The molecule has 1 aromatic rings. The molecule has 1 heterocycles. The number of methoxy groups -OCH3 is 2. The Morgan fingerprint density at radius 2 is 1.94 bits per heavy atom. The van der Waals surface area contributed by atoms with E-state index in [1.165, 1.54) is 5.56 Å². The SMILES string of the molecule is COc1cc(Br)c(Br)c(C2CNC2)c1OC. The molecule has 1 N–H and O–H groups in total. The average molecular weight is 351 g/mol. The van der Waals surface area contributed by atoms with Crippen LogP contribution in [0.4, 0.5) is 0 Å². The number of benzene rings is 1. The summed E-state index contributed by atoms with van der Waals surface area (Å²) in [5.41, 5.74) is 1.17. The van der Waals surface area contributed by atoms with Crippen molar-refractivity contribution in [2.24, 2.45) is 0 Å². The van der Waals surface area contributed by atoms with E-state index >= 15 is 0 Å². The molecule has 0 radical (unpaired) electrons. The zero-order chi connectivity index (χ0) is 11.7. The van der Waals surface area contributed by atoms with Gasteiger partial charge in [0.25, 0.3) is 0 Å². The molecule has 88 valence electrons. The van der Waals surface area contributed by atoms with Crippen LogP contribution in [0.25, 0.3) is 0 Å². The summed E-state index contributed by atoms with van der Waals surface area (Å²) in [6, 6.07) is 1.92. The Bertz CT molecular complexity index is 405. The Kier molecular flexibility index (Phi) is 3.77. The maximum absolute atomic E-state index is 5.46. The number of rotatable bonds is 3. The summed E-state index contributed by atoms with van der Waals surface area (Å²) in [4.78, 5) is 0. The van der Waals surface area contributed by atoms with E-state index in [1.54, 1.807) is 14.2 Å². The van der Waals surface area contributed by atoms with E-state index < -0.39 is 0 Å². The summed E-state index contributed by atoms with van der Waals surface area (Å²) < 4.78 is 12.8. The highest BCUT2D eigenvalue weighted by atomic mass is 79.9. The van der Waals surface area contributed by atoms with Crippen molar-refractivity contribution in [1.29, 1.82) is 0 Å². The smallest absolute Gasteiger partial charge is 0.165 e. The number of halogens is 2. The maximum atomic E-state index is 5.46. The van der Waals surface area contributed by atoms with E-state index in [-0.39, 0.29) is 0 Å². The fourth-order valence-corrected chi connectivity index (χ4v) is 2.86. The number of nitrogens with one attached hydrogen (secondary N) is 1. The van der Waals surface area contributed by atoms with Crippen LogP contribution in [0, 0.1) is 0 Å². The topological polar surface area (TPSA) is 30.5 Å². The van der Waals surface area contributed by atoms with Crippen molar-refractivity contribution in [2.75, 3.05) is 27.3 Å². The maximum Gasteiger partial charge on any atom is 0.165 e. The van der Waals surface area contributed by atoms with Gasteiger partial charge in [0, 0.05) is 33.5 Å². The molecule has 1 saturated heterocycles. The van der Waals surface area contributed by atoms with Gasteiger partial charge in [-0.15, -0.1) is 0 Å². The summed E-state index contributed by atoms with van der Waals surface area (Å²) in [6.07, 6.45) is 0. The summed E-state index contributed by atoms with van der Waals surface area (Å²) in [6.45, 7) is 1.96. The van der Waals surface area contributed by atoms with Crippen LogP contribution in [-0.4, -0.2) is 27.3 Å². The molecule has 0 spiro atoms. The summed E-state index contributed by atoms with van der Waals surface area (Å²) in [5.74, 6) is 2.07. The van der Waals surface area contributed by atoms with Gasteiger partial charge in [0.1, 0.15) is 0 Å². The van der Waals surface area contributed by atoms with Crippen molar-refractivity contribution in [3.05, 3.63) is 20.6 Å². The molecule has 0 atom stereocenters. The lowest BCUT2D eigenvalue weighted by atomic mass is 9.92. The first-order valence-corrected chi connectivity index (χ1v) is 6.58. The number of ether oxygens (including phenoxy) is 2. The molecule has 0 amide bonds. The van der Waals surface area contributed by atoms with Gasteiger partial charge in [-0.3, -0.25) is 0 Å². The van der Waals surface area contributed by atoms with Gasteiger partial charge in [0.2, 0.25) is 0 Å². The van der Waals surface area contributed by atoms with E-state index in [2.05, 4.69) is 37.2 Å². The van der Waals surface area contributed by atoms with Gasteiger partial charge in [-0.2, -0.15) is 0 Å². The van der Waals surface area contributed by atoms with Crippen molar-refractivity contribution in [3.8, 4) is 11.5 Å². The fraction of sp³-hybridized carbons (Fsp3) is 0.455. The van der Waals surface area contributed by atoms with Gasteiger partial charge < -0.3 is 14.8 Å². The summed E-state index contributed by atoms with van der Waals surface area (Å²) in [5, 5.41) is 3.26. The van der Waals surface area contributed by atoms with Crippen LogP contribution in [0.3, 0.4) is 0 Å². The minimum absolute atomic E-state index is 0.482. The van der Waals surface area contributed by atoms with E-state index in [4.69, 9.17) is 9.47 Å². The molecule has 0 aliphatic carbocycles. The lowest BCUT2D eigenvalue weighted by molar-refractivity contribution is 0.340. The average Bonchev–Trinajstić information content (AvgIpc) is 2.21. The van der Waals surface area contributed by atoms with Gasteiger partial charge in [0.05, 0.1) is 14.2 Å². The molecule has 5 heteroatoms. The molecule has 1 aromatic carbocycles. The first-order valence-electron chi connectivity index (χ1n) is 4.99. The molecule has 1 aliphatic heterocycles. The van der Waals surface area contributed by atoms with E-state index in [0.29, 0.717) is 5.92 Å². The zero-order valence-electron chi connectivity index (χ0n) is 9.14. The summed E-state index contributed by atoms with van der Waals surface area (Å²) in [7, 11) is 3.33. The van der Waals surface area contributed by atoms with Crippen molar-refractivity contribution in [1.82, 2.24) is 5.32 Å². The van der Waals surface area contributed by atoms with Crippen molar-refractivity contribution in [3.63, 3.8) is 0 Å². The van der Waals surface area contributed by atoms with Crippen molar-refractivity contribution >= 4 is 31.9 Å². The van der Waals surface area contributed by atoms with Crippen LogP contribution < -0.4 is 14.8 Å². The molecule has 1 fully saturated rings. The second-order valence-electron chi connectivity index (χ2n) is 3.68. The number of hydrogen-bond acceptors (Lipinski definition) is 3. The lowest BCUT2D eigenvalue weighted by Crippen LogP contribution is -2.40. The minimum Gasteiger partial charge on any atom is -0.493 e. The highest BCUT2D eigenvalue weighted by Crippen LogP contribution is 2.45. The Morgan fingerprint density at radius 3 is 2.38 bits per heavy atom. The molecular weight excluding hydrogens is 338 g/mol. The van der Waals surface area contributed by atoms with E-state index in [9.17, 15) is 0 Å². The molecule has 0 aromatic heterocycles. The third kappa shape index (κ3) is 1.96. The highest BCUT2D eigenvalue weighted by molar-refractivity contribution is 9.13. The van der Waals surface area contributed by atoms with Crippen LogP contribution >= 0.6 is 31.9 Å². The molecule has 3 nitrogen and oxygen atoms in total. The first-order chi connectivity index (χ1) is 7.69. The van der Waals surface area contributed by atoms with Crippen molar-refractivity contribution < 1.29 is 9.47 Å². The monoisotopic (exact) mass is 349 g/mol. The molecule has 0 unspecified atom stereocenters. The molecule has 1 aliphatic rings. The second-order valence-corrected chi connectivity index (χ2v) is 5.32. The molecule has 0 saturated carbocycles. The second kappa shape index (κ2) is 4.94. The Labute approximate surface area is 112 Å². The van der Waals surface area contributed by atoms with Crippen molar-refractivity contribution in [2.45, 2.75) is 5.92 Å². The fourth-order valence-electron chi connectivity index (χ4n) is 1.82. The third-order valence-corrected chi connectivity index (χ3v) is 4.80. The number of hydrogen-bond donors (Lipinski definition) is 1. The van der Waals surface area contributed by atoms with Gasteiger partial charge in [-0.25, -0.2) is 0 Å². The first kappa shape index (κ1) is 12.2. The molecule has 0 bridgehead atoms. The third-order valence-electron chi connectivity index (χ3n) is 2.79. The van der Waals surface area contributed by atoms with E-state index in [1.807, 2.05) is 6.07 Å². The largest absolute Gasteiger partial charge is 0.493 e. The molecule has 2 rings (SSSR count). The Hall–Kier alpha value is -0.260. The minimum atomic E-state index is 0.482. The van der Waals surface area contributed by atoms with Crippen LogP contribution in [0.1, 0.15) is 11.5 Å². The molecule has 16 heavy (non-hydrogen) atoms. The highest BCUT2D eigenvalue weighted by Gasteiger charge is 2.28. The van der Waals surface area contributed by atoms with Crippen LogP contribution in [0.15, 0.2) is 15.0 Å². The summed E-state index contributed by atoms with van der Waals surface area (Å²) >= 11 is 7.12.